The van der Waals surface area contributed by atoms with Crippen molar-refractivity contribution in [1.29, 1.82) is 0 Å². The fourth-order valence-corrected chi connectivity index (χ4v) is 3.72. The van der Waals surface area contributed by atoms with Gasteiger partial charge in [-0.1, -0.05) is 23.4 Å². The molecule has 4 rings (SSSR count). The second-order valence-corrected chi connectivity index (χ2v) is 7.94. The number of hydrogen-bond donors (Lipinski definition) is 3. The normalized spacial score (nSPS) is 11.0. The van der Waals surface area contributed by atoms with Crippen molar-refractivity contribution in [2.24, 2.45) is 10.8 Å². The number of anilines is 1. The van der Waals surface area contributed by atoms with Gasteiger partial charge in [0.1, 0.15) is 5.75 Å². The van der Waals surface area contributed by atoms with Crippen LogP contribution in [0.25, 0.3) is 5.82 Å². The van der Waals surface area contributed by atoms with Crippen LogP contribution in [-0.4, -0.2) is 49.9 Å². The molecule has 2 aromatic heterocycles. The first-order valence-electron chi connectivity index (χ1n) is 10.1. The molecular weight excluding hydrogens is 474 g/mol. The number of nitrogens with two attached hydrogens (primary N) is 2. The van der Waals surface area contributed by atoms with E-state index < -0.39 is 11.8 Å². The lowest BCUT2D eigenvalue weighted by molar-refractivity contribution is -0.119. The molecule has 2 heterocycles. The van der Waals surface area contributed by atoms with Gasteiger partial charge in [-0.2, -0.15) is 9.78 Å². The number of primary amides is 1. The summed E-state index contributed by atoms with van der Waals surface area (Å²) in [7, 11) is 0. The molecule has 0 aliphatic heterocycles. The third kappa shape index (κ3) is 6.00. The van der Waals surface area contributed by atoms with Crippen molar-refractivity contribution in [2.75, 3.05) is 12.3 Å². The van der Waals surface area contributed by atoms with E-state index in [1.54, 1.807) is 24.3 Å². The number of rotatable bonds is 10. The van der Waals surface area contributed by atoms with Gasteiger partial charge in [-0.25, -0.2) is 10.1 Å². The summed E-state index contributed by atoms with van der Waals surface area (Å²) in [4.78, 5) is 24.6. The van der Waals surface area contributed by atoms with Crippen LogP contribution in [0.15, 0.2) is 69.2 Å². The third-order valence-electron chi connectivity index (χ3n) is 4.43. The number of thioether (sulfide) groups is 1. The van der Waals surface area contributed by atoms with Crippen LogP contribution in [0.4, 0.5) is 5.82 Å². The Morgan fingerprint density at radius 3 is 2.60 bits per heavy atom. The lowest BCUT2D eigenvalue weighted by atomic mass is 10.2. The molecule has 0 bridgehead atoms. The van der Waals surface area contributed by atoms with Gasteiger partial charge in [-0.3, -0.25) is 9.59 Å². The average molecular weight is 494 g/mol. The maximum Gasteiger partial charge on any atom is 0.293 e. The van der Waals surface area contributed by atoms with Crippen LogP contribution < -0.4 is 21.6 Å². The second-order valence-electron chi connectivity index (χ2n) is 6.89. The molecule has 0 spiro atoms. The highest BCUT2D eigenvalue weighted by atomic mass is 32.2. The van der Waals surface area contributed by atoms with E-state index >= 15 is 0 Å². The van der Waals surface area contributed by atoms with Gasteiger partial charge in [0.2, 0.25) is 11.6 Å². The van der Waals surface area contributed by atoms with Gasteiger partial charge in [-0.05, 0) is 52.3 Å². The van der Waals surface area contributed by atoms with Crippen molar-refractivity contribution in [2.45, 2.75) is 10.6 Å². The standard InChI is InChI=1S/C21H19N9O4S/c22-17(31)11-33-14-8-6-13(7-9-14)10-24-26-21(32)18-16(12-35-15-4-2-1-3-5-15)30(29-25-18)20-19(23)27-34-28-20/h1-10H,11-12H2,(H2,22,31)(H2,23,27)(H,26,32)/b24-10+. The van der Waals surface area contributed by atoms with Crippen molar-refractivity contribution in [3.05, 3.63) is 71.5 Å². The summed E-state index contributed by atoms with van der Waals surface area (Å²) in [6.07, 6.45) is 1.44. The lowest BCUT2D eigenvalue weighted by Gasteiger charge is -2.06. The molecule has 0 saturated heterocycles. The Morgan fingerprint density at radius 1 is 1.14 bits per heavy atom. The number of aromatic nitrogens is 5. The largest absolute Gasteiger partial charge is 0.484 e. The molecule has 2 aromatic carbocycles. The Kier molecular flexibility index (Phi) is 7.32. The lowest BCUT2D eigenvalue weighted by Crippen LogP contribution is -2.20. The number of hydrazone groups is 1. The first-order valence-corrected chi connectivity index (χ1v) is 11.0. The van der Waals surface area contributed by atoms with Gasteiger partial charge in [0.25, 0.3) is 11.8 Å². The molecule has 0 saturated carbocycles. The van der Waals surface area contributed by atoms with Crippen LogP contribution in [-0.2, 0) is 10.5 Å². The van der Waals surface area contributed by atoms with Crippen LogP contribution in [0.3, 0.4) is 0 Å². The molecule has 13 nitrogen and oxygen atoms in total. The Morgan fingerprint density at radius 2 is 1.91 bits per heavy atom. The van der Waals surface area contributed by atoms with Crippen LogP contribution in [0.1, 0.15) is 21.7 Å². The molecule has 2 amide bonds. The van der Waals surface area contributed by atoms with Gasteiger partial charge in [-0.15, -0.1) is 16.9 Å². The fraction of sp³-hybridized carbons (Fsp3) is 0.0952. The molecule has 5 N–H and O–H groups in total. The molecule has 0 aliphatic carbocycles. The van der Waals surface area contributed by atoms with E-state index in [1.165, 1.54) is 22.7 Å². The fourth-order valence-electron chi connectivity index (χ4n) is 2.81. The number of hydrogen-bond acceptors (Lipinski definition) is 11. The summed E-state index contributed by atoms with van der Waals surface area (Å²) in [5.41, 5.74) is 14.5. The zero-order valence-corrected chi connectivity index (χ0v) is 18.9. The van der Waals surface area contributed by atoms with Crippen LogP contribution >= 0.6 is 11.8 Å². The number of ether oxygens (including phenoxy) is 1. The predicted octanol–water partition coefficient (Wildman–Crippen LogP) is 1.15. The highest BCUT2D eigenvalue weighted by Gasteiger charge is 2.24. The summed E-state index contributed by atoms with van der Waals surface area (Å²) in [5, 5.41) is 19.3. The molecule has 4 aromatic rings. The minimum atomic E-state index is -0.576. The Labute approximate surface area is 202 Å². The van der Waals surface area contributed by atoms with E-state index in [0.717, 1.165) is 4.90 Å². The minimum absolute atomic E-state index is 0.00842. The van der Waals surface area contributed by atoms with Crippen LogP contribution in [0, 0.1) is 0 Å². The van der Waals surface area contributed by atoms with Crippen molar-refractivity contribution in [3.63, 3.8) is 0 Å². The predicted molar refractivity (Wildman–Crippen MR) is 126 cm³/mol. The molecule has 0 aliphatic rings. The molecule has 14 heteroatoms. The summed E-state index contributed by atoms with van der Waals surface area (Å²) >= 11 is 1.48. The van der Waals surface area contributed by atoms with E-state index in [-0.39, 0.29) is 23.9 Å². The zero-order chi connectivity index (χ0) is 24.6. The number of nitrogens with one attached hydrogen (secondary N) is 1. The average Bonchev–Trinajstić information content (AvgIpc) is 3.48. The van der Waals surface area contributed by atoms with Crippen molar-refractivity contribution < 1.29 is 19.0 Å². The summed E-state index contributed by atoms with van der Waals surface area (Å²) < 4.78 is 11.2. The third-order valence-corrected chi connectivity index (χ3v) is 5.46. The van der Waals surface area contributed by atoms with Gasteiger partial charge in [0.15, 0.2) is 12.3 Å². The number of benzene rings is 2. The number of carbonyl (C=O) groups excluding carboxylic acids is 2. The highest BCUT2D eigenvalue weighted by molar-refractivity contribution is 7.98. The smallest absolute Gasteiger partial charge is 0.293 e. The Hall–Kier alpha value is -4.72. The van der Waals surface area contributed by atoms with Crippen molar-refractivity contribution in [1.82, 2.24) is 30.7 Å². The van der Waals surface area contributed by atoms with E-state index in [9.17, 15) is 9.59 Å². The monoisotopic (exact) mass is 493 g/mol. The van der Waals surface area contributed by atoms with E-state index in [4.69, 9.17) is 16.2 Å². The quantitative estimate of drug-likeness (QED) is 0.164. The van der Waals surface area contributed by atoms with Gasteiger partial charge >= 0.3 is 0 Å². The van der Waals surface area contributed by atoms with E-state index in [1.807, 2.05) is 30.3 Å². The van der Waals surface area contributed by atoms with Crippen molar-refractivity contribution in [3.8, 4) is 11.6 Å². The molecule has 0 atom stereocenters. The highest BCUT2D eigenvalue weighted by Crippen LogP contribution is 2.25. The van der Waals surface area contributed by atoms with Crippen LogP contribution in [0.2, 0.25) is 0 Å². The van der Waals surface area contributed by atoms with E-state index in [0.29, 0.717) is 22.8 Å². The Balaban J connectivity index is 1.48. The molecule has 178 valence electrons. The molecular formula is C21H19N9O4S. The van der Waals surface area contributed by atoms with Crippen LogP contribution in [0.5, 0.6) is 5.75 Å². The van der Waals surface area contributed by atoms with Gasteiger partial charge in [0.05, 0.1) is 11.9 Å². The number of carbonyl (C=O) groups is 2. The molecule has 0 fully saturated rings. The van der Waals surface area contributed by atoms with Gasteiger partial charge in [0, 0.05) is 10.6 Å². The number of amides is 2. The Bertz CT molecular complexity index is 1340. The maximum absolute atomic E-state index is 12.8. The maximum atomic E-state index is 12.8. The topological polar surface area (TPSA) is 189 Å². The minimum Gasteiger partial charge on any atom is -0.484 e. The van der Waals surface area contributed by atoms with Crippen molar-refractivity contribution >= 4 is 35.6 Å². The summed E-state index contributed by atoms with van der Waals surface area (Å²) in [6.45, 7) is -0.217. The first kappa shape index (κ1) is 23.4. The second kappa shape index (κ2) is 10.9. The number of nitrogen functional groups attached to an aromatic ring is 1. The molecule has 0 radical (unpaired) electrons. The summed E-state index contributed by atoms with van der Waals surface area (Å²) in [5.74, 6) is -0.199. The first-order chi connectivity index (χ1) is 17.0. The molecule has 35 heavy (non-hydrogen) atoms. The van der Waals surface area contributed by atoms with E-state index in [2.05, 4.69) is 35.8 Å². The zero-order valence-electron chi connectivity index (χ0n) is 18.1. The summed E-state index contributed by atoms with van der Waals surface area (Å²) in [6, 6.07) is 16.3. The van der Waals surface area contributed by atoms with Gasteiger partial charge < -0.3 is 16.2 Å². The number of nitrogens with zero attached hydrogens (tertiary/aromatic N) is 6. The molecule has 0 unspecified atom stereocenters. The SMILES string of the molecule is NC(=O)COc1ccc(/C=N/NC(=O)c2nnn(-c3nonc3N)c2CSc2ccccc2)cc1.